The van der Waals surface area contributed by atoms with Crippen LogP contribution >= 0.6 is 0 Å². The number of rotatable bonds is 6. The SMILES string of the molecule is CCC(=O)Nc1cccc(NC(=O)C2CCCN(Cc3cccc(F)c3)C2)c1. The van der Waals surface area contributed by atoms with Gasteiger partial charge in [0, 0.05) is 30.9 Å². The van der Waals surface area contributed by atoms with Crippen LogP contribution in [0.2, 0.25) is 0 Å². The summed E-state index contributed by atoms with van der Waals surface area (Å²) in [4.78, 5) is 26.5. The number of likely N-dealkylation sites (tertiary alicyclic amines) is 1. The van der Waals surface area contributed by atoms with Gasteiger partial charge in [-0.15, -0.1) is 0 Å². The van der Waals surface area contributed by atoms with Crippen LogP contribution in [0.15, 0.2) is 48.5 Å². The van der Waals surface area contributed by atoms with Gasteiger partial charge in [0.15, 0.2) is 0 Å². The fourth-order valence-electron chi connectivity index (χ4n) is 3.48. The molecule has 0 spiro atoms. The third kappa shape index (κ3) is 5.63. The summed E-state index contributed by atoms with van der Waals surface area (Å²) in [6, 6.07) is 13.8. The Morgan fingerprint density at radius 1 is 1.11 bits per heavy atom. The minimum absolute atomic E-state index is 0.0251. The van der Waals surface area contributed by atoms with Crippen LogP contribution in [0.3, 0.4) is 0 Å². The highest BCUT2D eigenvalue weighted by molar-refractivity contribution is 5.95. The van der Waals surface area contributed by atoms with E-state index in [4.69, 9.17) is 0 Å². The van der Waals surface area contributed by atoms with E-state index in [1.54, 1.807) is 37.3 Å². The maximum atomic E-state index is 13.4. The first-order valence-electron chi connectivity index (χ1n) is 9.71. The van der Waals surface area contributed by atoms with Gasteiger partial charge in [-0.3, -0.25) is 14.5 Å². The number of hydrogen-bond donors (Lipinski definition) is 2. The maximum absolute atomic E-state index is 13.4. The normalized spacial score (nSPS) is 17.1. The van der Waals surface area contributed by atoms with Crippen molar-refractivity contribution in [3.05, 3.63) is 59.9 Å². The summed E-state index contributed by atoms with van der Waals surface area (Å²) in [5.41, 5.74) is 2.25. The van der Waals surface area contributed by atoms with Crippen LogP contribution < -0.4 is 10.6 Å². The maximum Gasteiger partial charge on any atom is 0.228 e. The first kappa shape index (κ1) is 20.0. The van der Waals surface area contributed by atoms with Crippen LogP contribution in [-0.2, 0) is 16.1 Å². The topological polar surface area (TPSA) is 61.4 Å². The number of carbonyl (C=O) groups is 2. The van der Waals surface area contributed by atoms with Gasteiger partial charge >= 0.3 is 0 Å². The Morgan fingerprint density at radius 3 is 2.61 bits per heavy atom. The van der Waals surface area contributed by atoms with Crippen molar-refractivity contribution in [1.82, 2.24) is 4.90 Å². The average Bonchev–Trinajstić information content (AvgIpc) is 2.68. The van der Waals surface area contributed by atoms with Crippen molar-refractivity contribution >= 4 is 23.2 Å². The Bertz CT molecular complexity index is 840. The molecule has 1 heterocycles. The van der Waals surface area contributed by atoms with Gasteiger partial charge in [-0.1, -0.05) is 25.1 Å². The van der Waals surface area contributed by atoms with E-state index in [0.717, 1.165) is 24.9 Å². The zero-order chi connectivity index (χ0) is 19.9. The lowest BCUT2D eigenvalue weighted by atomic mass is 9.96. The Labute approximate surface area is 164 Å². The van der Waals surface area contributed by atoms with E-state index < -0.39 is 0 Å². The summed E-state index contributed by atoms with van der Waals surface area (Å²) < 4.78 is 13.4. The van der Waals surface area contributed by atoms with Crippen molar-refractivity contribution in [2.45, 2.75) is 32.7 Å². The lowest BCUT2D eigenvalue weighted by Gasteiger charge is -2.32. The standard InChI is InChI=1S/C22H26FN3O2/c1-2-21(27)24-19-9-4-10-20(13-19)25-22(28)17-7-5-11-26(15-17)14-16-6-3-8-18(23)12-16/h3-4,6,8-10,12-13,17H,2,5,7,11,14-15H2,1H3,(H,24,27)(H,25,28). The second kappa shape index (κ2) is 9.46. The largest absolute Gasteiger partial charge is 0.326 e. The minimum atomic E-state index is -0.237. The molecule has 1 atom stereocenters. The molecule has 1 aliphatic heterocycles. The van der Waals surface area contributed by atoms with Gasteiger partial charge in [-0.05, 0) is 55.3 Å². The predicted octanol–water partition coefficient (Wildman–Crippen LogP) is 4.02. The van der Waals surface area contributed by atoms with Crippen molar-refractivity contribution in [2.75, 3.05) is 23.7 Å². The first-order chi connectivity index (χ1) is 13.5. The van der Waals surface area contributed by atoms with Crippen LogP contribution in [0, 0.1) is 11.7 Å². The van der Waals surface area contributed by atoms with E-state index in [0.29, 0.717) is 30.9 Å². The van der Waals surface area contributed by atoms with Crippen LogP contribution in [0.5, 0.6) is 0 Å². The molecular weight excluding hydrogens is 357 g/mol. The molecule has 1 fully saturated rings. The monoisotopic (exact) mass is 383 g/mol. The second-order valence-electron chi connectivity index (χ2n) is 7.18. The lowest BCUT2D eigenvalue weighted by Crippen LogP contribution is -2.40. The zero-order valence-electron chi connectivity index (χ0n) is 16.1. The van der Waals surface area contributed by atoms with Gasteiger partial charge in [-0.2, -0.15) is 0 Å². The Balaban J connectivity index is 1.58. The van der Waals surface area contributed by atoms with Gasteiger partial charge in [0.25, 0.3) is 0 Å². The number of carbonyl (C=O) groups excluding carboxylic acids is 2. The van der Waals surface area contributed by atoms with Gasteiger partial charge in [0.2, 0.25) is 11.8 Å². The Kier molecular flexibility index (Phi) is 6.76. The van der Waals surface area contributed by atoms with Gasteiger partial charge in [-0.25, -0.2) is 4.39 Å². The van der Waals surface area contributed by atoms with Crippen molar-refractivity contribution in [1.29, 1.82) is 0 Å². The summed E-state index contributed by atoms with van der Waals surface area (Å²) in [7, 11) is 0. The fraction of sp³-hybridized carbons (Fsp3) is 0.364. The third-order valence-corrected chi connectivity index (χ3v) is 4.91. The predicted molar refractivity (Wildman–Crippen MR) is 108 cm³/mol. The molecule has 2 aromatic rings. The molecule has 28 heavy (non-hydrogen) atoms. The Hall–Kier alpha value is -2.73. The summed E-state index contributed by atoms with van der Waals surface area (Å²) in [5.74, 6) is -0.443. The number of benzene rings is 2. The average molecular weight is 383 g/mol. The molecular formula is C22H26FN3O2. The van der Waals surface area contributed by atoms with Crippen LogP contribution in [0.1, 0.15) is 31.7 Å². The van der Waals surface area contributed by atoms with E-state index in [1.165, 1.54) is 6.07 Å². The van der Waals surface area contributed by atoms with Gasteiger partial charge < -0.3 is 10.6 Å². The van der Waals surface area contributed by atoms with E-state index in [1.807, 2.05) is 12.1 Å². The van der Waals surface area contributed by atoms with E-state index in [9.17, 15) is 14.0 Å². The number of hydrogen-bond acceptors (Lipinski definition) is 3. The van der Waals surface area contributed by atoms with Crippen molar-refractivity contribution < 1.29 is 14.0 Å². The molecule has 1 saturated heterocycles. The number of halogens is 1. The number of anilines is 2. The number of piperidine rings is 1. The molecule has 0 aliphatic carbocycles. The second-order valence-corrected chi connectivity index (χ2v) is 7.18. The molecule has 0 aromatic heterocycles. The zero-order valence-corrected chi connectivity index (χ0v) is 16.1. The van der Waals surface area contributed by atoms with Crippen molar-refractivity contribution in [3.63, 3.8) is 0 Å². The van der Waals surface area contributed by atoms with Gasteiger partial charge in [0.05, 0.1) is 5.92 Å². The number of nitrogens with zero attached hydrogens (tertiary/aromatic N) is 1. The van der Waals surface area contributed by atoms with Crippen LogP contribution in [0.4, 0.5) is 15.8 Å². The quantitative estimate of drug-likeness (QED) is 0.792. The summed E-state index contributed by atoms with van der Waals surface area (Å²) in [6.07, 6.45) is 2.16. The third-order valence-electron chi connectivity index (χ3n) is 4.91. The molecule has 2 aromatic carbocycles. The molecule has 1 aliphatic rings. The van der Waals surface area contributed by atoms with Gasteiger partial charge in [0.1, 0.15) is 5.82 Å². The lowest BCUT2D eigenvalue weighted by molar-refractivity contribution is -0.121. The van der Waals surface area contributed by atoms with Crippen molar-refractivity contribution in [2.24, 2.45) is 5.92 Å². The molecule has 2 amide bonds. The molecule has 6 heteroatoms. The smallest absolute Gasteiger partial charge is 0.228 e. The fourth-order valence-corrected chi connectivity index (χ4v) is 3.48. The first-order valence-corrected chi connectivity index (χ1v) is 9.71. The van der Waals surface area contributed by atoms with E-state index in [2.05, 4.69) is 15.5 Å². The van der Waals surface area contributed by atoms with E-state index in [-0.39, 0.29) is 23.5 Å². The van der Waals surface area contributed by atoms with Crippen LogP contribution in [0.25, 0.3) is 0 Å². The summed E-state index contributed by atoms with van der Waals surface area (Å²) in [6.45, 7) is 3.98. The summed E-state index contributed by atoms with van der Waals surface area (Å²) >= 11 is 0. The molecule has 148 valence electrons. The molecule has 3 rings (SSSR count). The minimum Gasteiger partial charge on any atom is -0.326 e. The Morgan fingerprint density at radius 2 is 1.86 bits per heavy atom. The van der Waals surface area contributed by atoms with Crippen molar-refractivity contribution in [3.8, 4) is 0 Å². The number of amides is 2. The summed E-state index contributed by atoms with van der Waals surface area (Å²) in [5, 5.41) is 5.75. The number of nitrogens with one attached hydrogen (secondary N) is 2. The molecule has 0 saturated carbocycles. The molecule has 5 nitrogen and oxygen atoms in total. The highest BCUT2D eigenvalue weighted by Gasteiger charge is 2.26. The van der Waals surface area contributed by atoms with Crippen LogP contribution in [-0.4, -0.2) is 29.8 Å². The highest BCUT2D eigenvalue weighted by atomic mass is 19.1. The molecule has 0 radical (unpaired) electrons. The molecule has 1 unspecified atom stereocenters. The molecule has 0 bridgehead atoms. The highest BCUT2D eigenvalue weighted by Crippen LogP contribution is 2.22. The van der Waals surface area contributed by atoms with E-state index >= 15 is 0 Å². The molecule has 2 N–H and O–H groups in total.